The molecule has 7 heteroatoms. The highest BCUT2D eigenvalue weighted by atomic mass is 32.1. The van der Waals surface area contributed by atoms with E-state index >= 15 is 0 Å². The normalized spacial score (nSPS) is 11.0. The van der Waals surface area contributed by atoms with Crippen molar-refractivity contribution in [3.63, 3.8) is 0 Å². The highest BCUT2D eigenvalue weighted by molar-refractivity contribution is 7.10. The predicted octanol–water partition coefficient (Wildman–Crippen LogP) is 1.04. The predicted molar refractivity (Wildman–Crippen MR) is 98.2 cm³/mol. The van der Waals surface area contributed by atoms with Crippen molar-refractivity contribution in [3.05, 3.63) is 44.8 Å². The van der Waals surface area contributed by atoms with Gasteiger partial charge in [-0.2, -0.15) is 0 Å². The number of thiophene rings is 2. The van der Waals surface area contributed by atoms with Gasteiger partial charge in [0.05, 0.1) is 16.3 Å². The first-order valence-electron chi connectivity index (χ1n) is 7.97. The third-order valence-corrected chi connectivity index (χ3v) is 5.07. The number of hydrogen-bond donors (Lipinski definition) is 3. The third-order valence-electron chi connectivity index (χ3n) is 3.31. The molecule has 2 heterocycles. The first-order chi connectivity index (χ1) is 11.5. The van der Waals surface area contributed by atoms with Gasteiger partial charge in [-0.1, -0.05) is 12.1 Å². The summed E-state index contributed by atoms with van der Waals surface area (Å²) in [6.07, 6.45) is 0. The minimum atomic E-state index is -0.156. The second-order valence-electron chi connectivity index (χ2n) is 5.94. The second kappa shape index (κ2) is 9.56. The van der Waals surface area contributed by atoms with Gasteiger partial charge in [-0.05, 0) is 36.7 Å². The Bertz CT molecular complexity index is 588. The smallest absolute Gasteiger partial charge is 0.275 e. The van der Waals surface area contributed by atoms with Crippen molar-refractivity contribution in [2.75, 3.05) is 13.1 Å². The molecule has 0 radical (unpaired) electrons. The molecule has 2 aromatic heterocycles. The van der Waals surface area contributed by atoms with Gasteiger partial charge in [0.15, 0.2) is 6.54 Å². The van der Waals surface area contributed by atoms with Gasteiger partial charge in [0.1, 0.15) is 13.1 Å². The first-order valence-corrected chi connectivity index (χ1v) is 9.73. The lowest BCUT2D eigenvalue weighted by Crippen LogP contribution is -3.10. The molecule has 3 N–H and O–H groups in total. The van der Waals surface area contributed by atoms with Crippen molar-refractivity contribution in [2.24, 2.45) is 0 Å². The molecule has 0 fully saturated rings. The lowest BCUT2D eigenvalue weighted by molar-refractivity contribution is -0.919. The van der Waals surface area contributed by atoms with E-state index in [9.17, 15) is 9.59 Å². The summed E-state index contributed by atoms with van der Waals surface area (Å²) in [5.74, 6) is -0.256. The van der Waals surface area contributed by atoms with Crippen LogP contribution in [0.4, 0.5) is 0 Å². The molecule has 0 spiro atoms. The van der Waals surface area contributed by atoms with Crippen molar-refractivity contribution in [2.45, 2.75) is 33.0 Å². The summed E-state index contributed by atoms with van der Waals surface area (Å²) >= 11 is 3.41. The highest BCUT2D eigenvalue weighted by Crippen LogP contribution is 2.08. The topological polar surface area (TPSA) is 62.6 Å². The number of hydrogen-bond acceptors (Lipinski definition) is 4. The summed E-state index contributed by atoms with van der Waals surface area (Å²) in [4.78, 5) is 27.5. The van der Waals surface area contributed by atoms with Crippen molar-refractivity contribution in [3.8, 4) is 0 Å². The monoisotopic (exact) mass is 366 g/mol. The van der Waals surface area contributed by atoms with Crippen molar-refractivity contribution >= 4 is 34.5 Å². The lowest BCUT2D eigenvalue weighted by atomic mass is 10.3. The molecule has 2 aromatic rings. The fourth-order valence-electron chi connectivity index (χ4n) is 2.35. The molecule has 130 valence electrons. The van der Waals surface area contributed by atoms with E-state index in [2.05, 4.69) is 33.5 Å². The standard InChI is InChI=1S/C17H23N3O2S2/c1-13(2)19-16(21)9-18-17(22)12-20(10-14-5-3-7-23-14)11-15-6-4-8-24-15/h3-8,13H,9-12H2,1-2H3,(H,18,22)(H,19,21)/p+1. The van der Waals surface area contributed by atoms with Crippen molar-refractivity contribution in [1.29, 1.82) is 0 Å². The molecule has 0 aliphatic rings. The maximum Gasteiger partial charge on any atom is 0.275 e. The number of carbonyl (C=O) groups is 2. The zero-order chi connectivity index (χ0) is 17.4. The molecule has 0 saturated carbocycles. The molecule has 0 saturated heterocycles. The van der Waals surface area contributed by atoms with Crippen LogP contribution in [0.1, 0.15) is 23.6 Å². The molecule has 2 amide bonds. The maximum atomic E-state index is 12.2. The Balaban J connectivity index is 1.86. The van der Waals surface area contributed by atoms with Crippen LogP contribution in [0.3, 0.4) is 0 Å². The average Bonchev–Trinajstić information content (AvgIpc) is 3.18. The summed E-state index contributed by atoms with van der Waals surface area (Å²) in [5, 5.41) is 9.58. The van der Waals surface area contributed by atoms with Crippen LogP contribution in [-0.4, -0.2) is 30.9 Å². The van der Waals surface area contributed by atoms with E-state index in [1.807, 2.05) is 26.0 Å². The van der Waals surface area contributed by atoms with Gasteiger partial charge in [-0.25, -0.2) is 0 Å². The van der Waals surface area contributed by atoms with E-state index in [0.29, 0.717) is 6.54 Å². The summed E-state index contributed by atoms with van der Waals surface area (Å²) < 4.78 is 0. The molecular formula is C17H24N3O2S2+. The van der Waals surface area contributed by atoms with E-state index < -0.39 is 0 Å². The van der Waals surface area contributed by atoms with Crippen LogP contribution in [0, 0.1) is 0 Å². The van der Waals surface area contributed by atoms with Crippen molar-refractivity contribution in [1.82, 2.24) is 10.6 Å². The Morgan fingerprint density at radius 2 is 1.62 bits per heavy atom. The van der Waals surface area contributed by atoms with Gasteiger partial charge < -0.3 is 15.5 Å². The largest absolute Gasteiger partial charge is 0.352 e. The highest BCUT2D eigenvalue weighted by Gasteiger charge is 2.17. The quantitative estimate of drug-likeness (QED) is 0.621. The zero-order valence-electron chi connectivity index (χ0n) is 14.0. The molecule has 0 aliphatic heterocycles. The molecular weight excluding hydrogens is 342 g/mol. The molecule has 0 aromatic carbocycles. The number of amides is 2. The molecule has 0 atom stereocenters. The van der Waals surface area contributed by atoms with E-state index in [1.165, 1.54) is 14.7 Å². The van der Waals surface area contributed by atoms with Gasteiger partial charge in [-0.15, -0.1) is 22.7 Å². The maximum absolute atomic E-state index is 12.2. The summed E-state index contributed by atoms with van der Waals surface area (Å²) in [6.45, 7) is 5.79. The number of carbonyl (C=O) groups excluding carboxylic acids is 2. The van der Waals surface area contributed by atoms with Gasteiger partial charge in [0.2, 0.25) is 5.91 Å². The van der Waals surface area contributed by atoms with Crippen LogP contribution in [0.2, 0.25) is 0 Å². The van der Waals surface area contributed by atoms with Gasteiger partial charge >= 0.3 is 0 Å². The fourth-order valence-corrected chi connectivity index (χ4v) is 3.90. The molecule has 5 nitrogen and oxygen atoms in total. The van der Waals surface area contributed by atoms with E-state index in [1.54, 1.807) is 22.7 Å². The Labute approximate surface area is 150 Å². The SMILES string of the molecule is CC(C)NC(=O)CNC(=O)C[NH+](Cc1cccs1)Cc1cccs1. The van der Waals surface area contributed by atoms with Gasteiger partial charge in [0, 0.05) is 6.04 Å². The van der Waals surface area contributed by atoms with E-state index in [4.69, 9.17) is 0 Å². The molecule has 0 bridgehead atoms. The third kappa shape index (κ3) is 6.82. The van der Waals surface area contributed by atoms with Crippen LogP contribution >= 0.6 is 22.7 Å². The molecule has 24 heavy (non-hydrogen) atoms. The Hall–Kier alpha value is -1.70. The van der Waals surface area contributed by atoms with Crippen LogP contribution in [0.25, 0.3) is 0 Å². The summed E-state index contributed by atoms with van der Waals surface area (Å²) in [7, 11) is 0. The average molecular weight is 367 g/mol. The Morgan fingerprint density at radius 3 is 2.08 bits per heavy atom. The Kier molecular flexibility index (Phi) is 7.42. The van der Waals surface area contributed by atoms with Crippen LogP contribution in [0.15, 0.2) is 35.0 Å². The summed E-state index contributed by atoms with van der Waals surface area (Å²) in [6, 6.07) is 8.31. The lowest BCUT2D eigenvalue weighted by Gasteiger charge is -2.18. The zero-order valence-corrected chi connectivity index (χ0v) is 15.6. The minimum Gasteiger partial charge on any atom is -0.352 e. The molecule has 0 aliphatic carbocycles. The second-order valence-corrected chi connectivity index (χ2v) is 8.00. The summed E-state index contributed by atoms with van der Waals surface area (Å²) in [5.41, 5.74) is 0. The van der Waals surface area contributed by atoms with Crippen LogP contribution in [-0.2, 0) is 22.7 Å². The number of nitrogens with one attached hydrogen (secondary N) is 3. The minimum absolute atomic E-state index is 0.0301. The molecule has 2 rings (SSSR count). The fraction of sp³-hybridized carbons (Fsp3) is 0.412. The van der Waals surface area contributed by atoms with E-state index in [-0.39, 0.29) is 24.4 Å². The van der Waals surface area contributed by atoms with Gasteiger partial charge in [-0.3, -0.25) is 9.59 Å². The Morgan fingerprint density at radius 1 is 1.04 bits per heavy atom. The van der Waals surface area contributed by atoms with Gasteiger partial charge in [0.25, 0.3) is 5.91 Å². The molecule has 0 unspecified atom stereocenters. The number of quaternary nitrogens is 1. The van der Waals surface area contributed by atoms with Crippen molar-refractivity contribution < 1.29 is 14.5 Å². The van der Waals surface area contributed by atoms with Crippen LogP contribution in [0.5, 0.6) is 0 Å². The van der Waals surface area contributed by atoms with E-state index in [0.717, 1.165) is 13.1 Å². The first kappa shape index (κ1) is 18.6. The van der Waals surface area contributed by atoms with Crippen LogP contribution < -0.4 is 15.5 Å². The number of rotatable bonds is 9.